The topological polar surface area (TPSA) is 105 Å². The predicted molar refractivity (Wildman–Crippen MR) is 114 cm³/mol. The van der Waals surface area contributed by atoms with Crippen LogP contribution in [0.15, 0.2) is 56.8 Å². The summed E-state index contributed by atoms with van der Waals surface area (Å²) in [5.74, 6) is -1.05. The van der Waals surface area contributed by atoms with Crippen molar-refractivity contribution in [2.75, 3.05) is 0 Å². The van der Waals surface area contributed by atoms with Gasteiger partial charge in [0.2, 0.25) is 5.91 Å². The Kier molecular flexibility index (Phi) is 6.50. The van der Waals surface area contributed by atoms with Crippen molar-refractivity contribution in [1.82, 2.24) is 5.32 Å². The van der Waals surface area contributed by atoms with E-state index in [2.05, 4.69) is 26.2 Å². The van der Waals surface area contributed by atoms with Crippen molar-refractivity contribution >= 4 is 56.7 Å². The zero-order valence-corrected chi connectivity index (χ0v) is 17.5. The summed E-state index contributed by atoms with van der Waals surface area (Å²) in [6.07, 6.45) is 1.69. The molecule has 0 aromatic heterocycles. The van der Waals surface area contributed by atoms with E-state index in [4.69, 9.17) is 9.84 Å². The number of hydrogen-bond donors (Lipinski definition) is 2. The molecule has 0 saturated carbocycles. The average Bonchev–Trinajstić information content (AvgIpc) is 2.99. The van der Waals surface area contributed by atoms with Gasteiger partial charge >= 0.3 is 5.97 Å². The van der Waals surface area contributed by atoms with Crippen LogP contribution in [0.2, 0.25) is 0 Å². The molecule has 3 rings (SSSR count). The second kappa shape index (κ2) is 9.06. The number of nitrogens with zero attached hydrogens (tertiary/aromatic N) is 1. The van der Waals surface area contributed by atoms with Gasteiger partial charge in [0.25, 0.3) is 5.91 Å². The Hall–Kier alpha value is -2.91. The molecule has 1 aliphatic heterocycles. The van der Waals surface area contributed by atoms with Crippen molar-refractivity contribution in [3.05, 3.63) is 68.5 Å². The summed E-state index contributed by atoms with van der Waals surface area (Å²) in [5, 5.41) is 11.7. The highest BCUT2D eigenvalue weighted by atomic mass is 79.9. The number of carboxylic acids is 1. The lowest BCUT2D eigenvalue weighted by Crippen LogP contribution is -2.23. The Labute approximate surface area is 179 Å². The molecule has 9 heteroatoms. The van der Waals surface area contributed by atoms with Gasteiger partial charge in [-0.1, -0.05) is 18.2 Å². The maximum atomic E-state index is 11.9. The molecule has 0 atom stereocenters. The maximum absolute atomic E-state index is 11.9. The molecule has 0 spiro atoms. The first-order valence-electron chi connectivity index (χ1n) is 8.36. The molecule has 29 heavy (non-hydrogen) atoms. The van der Waals surface area contributed by atoms with Crippen LogP contribution in [-0.2, 0) is 16.2 Å². The number of amides is 2. The first-order valence-corrected chi connectivity index (χ1v) is 9.97. The number of thioether (sulfide) groups is 1. The minimum Gasteiger partial charge on any atom is -0.488 e. The van der Waals surface area contributed by atoms with Gasteiger partial charge < -0.3 is 15.2 Å². The minimum atomic E-state index is -0.974. The van der Waals surface area contributed by atoms with Crippen LogP contribution in [0.1, 0.15) is 28.4 Å². The predicted octanol–water partition coefficient (Wildman–Crippen LogP) is 3.83. The third kappa shape index (κ3) is 5.55. The lowest BCUT2D eigenvalue weighted by molar-refractivity contribution is -0.117. The molecule has 7 nitrogen and oxygen atoms in total. The average molecular weight is 475 g/mol. The van der Waals surface area contributed by atoms with E-state index in [1.165, 1.54) is 19.1 Å². The van der Waals surface area contributed by atoms with Gasteiger partial charge in [0.05, 0.1) is 14.9 Å². The highest BCUT2D eigenvalue weighted by Crippen LogP contribution is 2.31. The van der Waals surface area contributed by atoms with E-state index in [1.807, 2.05) is 0 Å². The Bertz CT molecular complexity index is 1050. The molecule has 2 aromatic carbocycles. The number of rotatable bonds is 5. The minimum absolute atomic E-state index is 0.220. The second-order valence-electron chi connectivity index (χ2n) is 5.99. The van der Waals surface area contributed by atoms with Crippen LogP contribution in [0, 0.1) is 0 Å². The molecule has 0 radical (unpaired) electrons. The van der Waals surface area contributed by atoms with E-state index >= 15 is 0 Å². The fourth-order valence-electron chi connectivity index (χ4n) is 2.39. The van der Waals surface area contributed by atoms with Crippen LogP contribution in [-0.4, -0.2) is 28.1 Å². The lowest BCUT2D eigenvalue weighted by atomic mass is 10.1. The number of benzene rings is 2. The fraction of sp³-hybridized carbons (Fsp3) is 0.100. The fourth-order valence-corrected chi connectivity index (χ4v) is 3.76. The first kappa shape index (κ1) is 20.8. The quantitative estimate of drug-likeness (QED) is 0.637. The SMILES string of the molecule is CC(=O)NC1=NC(=O)C(=Cc2ccc(OCc3ccc(C(=O)O)cc3)c(Br)c2)S1. The molecule has 1 aliphatic rings. The first-order chi connectivity index (χ1) is 13.8. The van der Waals surface area contributed by atoms with Gasteiger partial charge in [0.15, 0.2) is 5.17 Å². The van der Waals surface area contributed by atoms with Crippen molar-refractivity contribution in [2.45, 2.75) is 13.5 Å². The summed E-state index contributed by atoms with van der Waals surface area (Å²) in [4.78, 5) is 38.1. The van der Waals surface area contributed by atoms with E-state index in [1.54, 1.807) is 36.4 Å². The van der Waals surface area contributed by atoms with Crippen molar-refractivity contribution in [1.29, 1.82) is 0 Å². The number of aliphatic imine (C=N–C) groups is 1. The van der Waals surface area contributed by atoms with Crippen LogP contribution >= 0.6 is 27.7 Å². The zero-order chi connectivity index (χ0) is 21.0. The van der Waals surface area contributed by atoms with Gasteiger partial charge in [-0.2, -0.15) is 4.99 Å². The second-order valence-corrected chi connectivity index (χ2v) is 7.88. The number of carbonyl (C=O) groups is 3. The molecule has 2 aromatic rings. The van der Waals surface area contributed by atoms with Gasteiger partial charge in [0.1, 0.15) is 12.4 Å². The van der Waals surface area contributed by atoms with Crippen LogP contribution in [0.25, 0.3) is 6.08 Å². The summed E-state index contributed by atoms with van der Waals surface area (Å²) in [7, 11) is 0. The van der Waals surface area contributed by atoms with Crippen molar-refractivity contribution in [2.24, 2.45) is 4.99 Å². The highest BCUT2D eigenvalue weighted by molar-refractivity contribution is 9.10. The summed E-state index contributed by atoms with van der Waals surface area (Å²) >= 11 is 4.56. The highest BCUT2D eigenvalue weighted by Gasteiger charge is 2.22. The monoisotopic (exact) mass is 474 g/mol. The third-order valence-corrected chi connectivity index (χ3v) is 5.27. The van der Waals surface area contributed by atoms with Crippen molar-refractivity contribution in [3.8, 4) is 5.75 Å². The molecule has 2 amide bonds. The van der Waals surface area contributed by atoms with Crippen molar-refractivity contribution < 1.29 is 24.2 Å². The largest absolute Gasteiger partial charge is 0.488 e. The van der Waals surface area contributed by atoms with E-state index in [-0.39, 0.29) is 23.2 Å². The molecule has 2 N–H and O–H groups in total. The van der Waals surface area contributed by atoms with Crippen LogP contribution < -0.4 is 10.1 Å². The smallest absolute Gasteiger partial charge is 0.335 e. The third-order valence-electron chi connectivity index (χ3n) is 3.75. The number of aromatic carboxylic acids is 1. The van der Waals surface area contributed by atoms with Crippen LogP contribution in [0.5, 0.6) is 5.75 Å². The van der Waals surface area contributed by atoms with E-state index in [0.29, 0.717) is 15.1 Å². The molecule has 1 heterocycles. The standard InChI is InChI=1S/C20H15BrN2O5S/c1-11(24)22-20-23-18(25)17(29-20)9-13-4-7-16(15(21)8-13)28-10-12-2-5-14(6-3-12)19(26)27/h2-9H,10H2,1H3,(H,26,27)(H,22,23,24,25). The molecular formula is C20H15BrN2O5S. The van der Waals surface area contributed by atoms with Crippen LogP contribution in [0.4, 0.5) is 0 Å². The van der Waals surface area contributed by atoms with Crippen molar-refractivity contribution in [3.63, 3.8) is 0 Å². The lowest BCUT2D eigenvalue weighted by Gasteiger charge is -2.09. The van der Waals surface area contributed by atoms with E-state index < -0.39 is 11.9 Å². The summed E-state index contributed by atoms with van der Waals surface area (Å²) in [6, 6.07) is 11.8. The Morgan fingerprint density at radius 1 is 1.24 bits per heavy atom. The molecular weight excluding hydrogens is 460 g/mol. The molecule has 0 saturated heterocycles. The summed E-state index contributed by atoms with van der Waals surface area (Å²) in [5.41, 5.74) is 1.83. The number of halogens is 1. The number of amidine groups is 1. The number of nitrogens with one attached hydrogen (secondary N) is 1. The number of ether oxygens (including phenoxy) is 1. The van der Waals surface area contributed by atoms with Gasteiger partial charge in [-0.05, 0) is 69.2 Å². The van der Waals surface area contributed by atoms with Gasteiger partial charge in [-0.15, -0.1) is 0 Å². The number of carbonyl (C=O) groups excluding carboxylic acids is 2. The normalized spacial score (nSPS) is 14.6. The zero-order valence-electron chi connectivity index (χ0n) is 15.1. The Morgan fingerprint density at radius 2 is 1.97 bits per heavy atom. The molecule has 148 valence electrons. The summed E-state index contributed by atoms with van der Waals surface area (Å²) in [6.45, 7) is 1.63. The molecule has 0 bridgehead atoms. The van der Waals surface area contributed by atoms with E-state index in [9.17, 15) is 14.4 Å². The molecule has 0 aliphatic carbocycles. The van der Waals surface area contributed by atoms with E-state index in [0.717, 1.165) is 22.9 Å². The van der Waals surface area contributed by atoms with Gasteiger partial charge in [0, 0.05) is 6.92 Å². The maximum Gasteiger partial charge on any atom is 0.335 e. The Morgan fingerprint density at radius 3 is 2.59 bits per heavy atom. The molecule has 0 fully saturated rings. The molecule has 0 unspecified atom stereocenters. The summed E-state index contributed by atoms with van der Waals surface area (Å²) < 4.78 is 6.47. The number of carboxylic acid groups (broad SMARTS) is 1. The van der Waals surface area contributed by atoms with Crippen LogP contribution in [0.3, 0.4) is 0 Å². The number of hydrogen-bond acceptors (Lipinski definition) is 5. The van der Waals surface area contributed by atoms with Gasteiger partial charge in [-0.3, -0.25) is 9.59 Å². The Balaban J connectivity index is 1.65. The van der Waals surface area contributed by atoms with Gasteiger partial charge in [-0.25, -0.2) is 4.79 Å².